The summed E-state index contributed by atoms with van der Waals surface area (Å²) in [5.74, 6) is 0.896. The van der Waals surface area contributed by atoms with E-state index < -0.39 is 5.97 Å². The van der Waals surface area contributed by atoms with Crippen molar-refractivity contribution < 1.29 is 13.9 Å². The van der Waals surface area contributed by atoms with Crippen LogP contribution in [-0.2, 0) is 9.53 Å². The second-order valence-electron chi connectivity index (χ2n) is 3.73. The molecule has 0 amide bonds. The van der Waals surface area contributed by atoms with Gasteiger partial charge in [-0.3, -0.25) is 4.98 Å². The Morgan fingerprint density at radius 3 is 2.83 bits per heavy atom. The molecule has 0 aromatic carbocycles. The molecule has 92 valence electrons. The van der Waals surface area contributed by atoms with E-state index in [0.29, 0.717) is 17.1 Å². The smallest absolute Gasteiger partial charge is 0.330 e. The Hall–Kier alpha value is -2.36. The summed E-state index contributed by atoms with van der Waals surface area (Å²) >= 11 is 0. The van der Waals surface area contributed by atoms with Crippen LogP contribution in [0.4, 0.5) is 0 Å². The number of nitrogens with zero attached hydrogens (tertiary/aromatic N) is 1. The van der Waals surface area contributed by atoms with Crippen LogP contribution in [0.5, 0.6) is 0 Å². The number of pyridine rings is 1. The van der Waals surface area contributed by atoms with Gasteiger partial charge < -0.3 is 9.15 Å². The SMILES string of the molecule is COC(=O)/C=C(\C)c1ccc(-c2ccccn2)o1. The lowest BCUT2D eigenvalue weighted by molar-refractivity contribution is -0.134. The maximum absolute atomic E-state index is 11.1. The largest absolute Gasteiger partial charge is 0.466 e. The monoisotopic (exact) mass is 243 g/mol. The summed E-state index contributed by atoms with van der Waals surface area (Å²) < 4.78 is 10.2. The van der Waals surface area contributed by atoms with Crippen LogP contribution < -0.4 is 0 Å². The van der Waals surface area contributed by atoms with Gasteiger partial charge in [-0.2, -0.15) is 0 Å². The quantitative estimate of drug-likeness (QED) is 0.614. The lowest BCUT2D eigenvalue weighted by Gasteiger charge is -1.97. The van der Waals surface area contributed by atoms with E-state index in [4.69, 9.17) is 4.42 Å². The summed E-state index contributed by atoms with van der Waals surface area (Å²) in [4.78, 5) is 15.3. The van der Waals surface area contributed by atoms with Gasteiger partial charge in [0, 0.05) is 12.3 Å². The number of hydrogen-bond acceptors (Lipinski definition) is 4. The first-order chi connectivity index (χ1) is 8.70. The van der Waals surface area contributed by atoms with Crippen molar-refractivity contribution in [2.45, 2.75) is 6.92 Å². The Kier molecular flexibility index (Phi) is 3.57. The topological polar surface area (TPSA) is 52.3 Å². The molecule has 0 radical (unpaired) electrons. The van der Waals surface area contributed by atoms with Crippen LogP contribution >= 0.6 is 0 Å². The number of aromatic nitrogens is 1. The van der Waals surface area contributed by atoms with Crippen LogP contribution in [0.2, 0.25) is 0 Å². The Morgan fingerprint density at radius 1 is 1.33 bits per heavy atom. The summed E-state index contributed by atoms with van der Waals surface area (Å²) in [6, 6.07) is 9.23. The minimum Gasteiger partial charge on any atom is -0.466 e. The predicted molar refractivity (Wildman–Crippen MR) is 67.6 cm³/mol. The van der Waals surface area contributed by atoms with E-state index in [1.54, 1.807) is 19.2 Å². The average molecular weight is 243 g/mol. The molecule has 18 heavy (non-hydrogen) atoms. The van der Waals surface area contributed by atoms with Crippen LogP contribution in [0, 0.1) is 0 Å². The number of furan rings is 1. The van der Waals surface area contributed by atoms with Gasteiger partial charge in [-0.15, -0.1) is 0 Å². The predicted octanol–water partition coefficient (Wildman–Crippen LogP) is 2.92. The Balaban J connectivity index is 2.26. The molecule has 0 fully saturated rings. The van der Waals surface area contributed by atoms with Crippen LogP contribution in [-0.4, -0.2) is 18.1 Å². The van der Waals surface area contributed by atoms with E-state index in [1.165, 1.54) is 13.2 Å². The molecule has 4 nitrogen and oxygen atoms in total. The Labute approximate surface area is 105 Å². The summed E-state index contributed by atoms with van der Waals surface area (Å²) in [5.41, 5.74) is 1.47. The van der Waals surface area contributed by atoms with Gasteiger partial charge in [0.05, 0.1) is 7.11 Å². The molecule has 0 aliphatic carbocycles. The zero-order chi connectivity index (χ0) is 13.0. The van der Waals surface area contributed by atoms with E-state index in [0.717, 1.165) is 5.69 Å². The molecule has 2 aromatic rings. The van der Waals surface area contributed by atoms with Gasteiger partial charge >= 0.3 is 5.97 Å². The van der Waals surface area contributed by atoms with Gasteiger partial charge in [0.1, 0.15) is 11.5 Å². The minimum absolute atomic E-state index is 0.400. The number of rotatable bonds is 3. The van der Waals surface area contributed by atoms with E-state index in [2.05, 4.69) is 9.72 Å². The number of carbonyl (C=O) groups is 1. The number of esters is 1. The maximum Gasteiger partial charge on any atom is 0.330 e. The molecular formula is C14H13NO3. The van der Waals surface area contributed by atoms with Crippen LogP contribution in [0.1, 0.15) is 12.7 Å². The Morgan fingerprint density at radius 2 is 2.17 bits per heavy atom. The normalized spacial score (nSPS) is 11.3. The number of hydrogen-bond donors (Lipinski definition) is 0. The number of methoxy groups -OCH3 is 1. The molecule has 0 bridgehead atoms. The lowest BCUT2D eigenvalue weighted by atomic mass is 10.2. The molecular weight excluding hydrogens is 230 g/mol. The highest BCUT2D eigenvalue weighted by atomic mass is 16.5. The van der Waals surface area contributed by atoms with Crippen molar-refractivity contribution in [3.8, 4) is 11.5 Å². The van der Waals surface area contributed by atoms with Gasteiger partial charge in [-0.1, -0.05) is 6.07 Å². The first-order valence-electron chi connectivity index (χ1n) is 5.48. The van der Waals surface area contributed by atoms with Gasteiger partial charge in [0.25, 0.3) is 0 Å². The second kappa shape index (κ2) is 5.31. The number of allylic oxidation sites excluding steroid dienone is 1. The van der Waals surface area contributed by atoms with E-state index >= 15 is 0 Å². The molecule has 2 rings (SSSR count). The van der Waals surface area contributed by atoms with Crippen molar-refractivity contribution >= 4 is 11.5 Å². The molecule has 0 saturated heterocycles. The van der Waals surface area contributed by atoms with Crippen LogP contribution in [0.25, 0.3) is 17.0 Å². The molecule has 4 heteroatoms. The number of carbonyl (C=O) groups excluding carboxylic acids is 1. The first kappa shape index (κ1) is 12.1. The lowest BCUT2D eigenvalue weighted by Crippen LogP contribution is -1.95. The molecule has 0 aliphatic rings. The van der Waals surface area contributed by atoms with E-state index in [9.17, 15) is 4.79 Å². The summed E-state index contributed by atoms with van der Waals surface area (Å²) in [5, 5.41) is 0. The highest BCUT2D eigenvalue weighted by Crippen LogP contribution is 2.24. The van der Waals surface area contributed by atoms with Crippen molar-refractivity contribution in [2.75, 3.05) is 7.11 Å². The molecule has 0 unspecified atom stereocenters. The van der Waals surface area contributed by atoms with E-state index in [1.807, 2.05) is 24.3 Å². The fourth-order valence-electron chi connectivity index (χ4n) is 1.50. The van der Waals surface area contributed by atoms with Crippen molar-refractivity contribution in [1.29, 1.82) is 0 Å². The van der Waals surface area contributed by atoms with Crippen molar-refractivity contribution in [2.24, 2.45) is 0 Å². The maximum atomic E-state index is 11.1. The second-order valence-corrected chi connectivity index (χ2v) is 3.73. The molecule has 0 atom stereocenters. The van der Waals surface area contributed by atoms with Gasteiger partial charge in [-0.05, 0) is 36.8 Å². The first-order valence-corrected chi connectivity index (χ1v) is 5.48. The summed E-state index contributed by atoms with van der Waals surface area (Å²) in [7, 11) is 1.34. The third kappa shape index (κ3) is 2.66. The van der Waals surface area contributed by atoms with Gasteiger partial charge in [-0.25, -0.2) is 4.79 Å². The highest BCUT2D eigenvalue weighted by Gasteiger charge is 2.08. The average Bonchev–Trinajstić information content (AvgIpc) is 2.89. The highest BCUT2D eigenvalue weighted by molar-refractivity contribution is 5.90. The van der Waals surface area contributed by atoms with Crippen LogP contribution in [0.15, 0.2) is 47.0 Å². The fraction of sp³-hybridized carbons (Fsp3) is 0.143. The van der Waals surface area contributed by atoms with E-state index in [-0.39, 0.29) is 0 Å². The van der Waals surface area contributed by atoms with Gasteiger partial charge in [0.15, 0.2) is 5.76 Å². The molecule has 2 aromatic heterocycles. The van der Waals surface area contributed by atoms with Crippen molar-refractivity contribution in [1.82, 2.24) is 4.98 Å². The molecule has 0 spiro atoms. The molecule has 2 heterocycles. The molecule has 0 N–H and O–H groups in total. The molecule has 0 aliphatic heterocycles. The third-order valence-electron chi connectivity index (χ3n) is 2.45. The van der Waals surface area contributed by atoms with Gasteiger partial charge in [0.2, 0.25) is 0 Å². The number of ether oxygens (including phenoxy) is 1. The van der Waals surface area contributed by atoms with Crippen LogP contribution in [0.3, 0.4) is 0 Å². The summed E-state index contributed by atoms with van der Waals surface area (Å²) in [6.45, 7) is 1.79. The Bertz CT molecular complexity index is 570. The third-order valence-corrected chi connectivity index (χ3v) is 2.45. The zero-order valence-electron chi connectivity index (χ0n) is 10.2. The zero-order valence-corrected chi connectivity index (χ0v) is 10.2. The van der Waals surface area contributed by atoms with Crippen molar-refractivity contribution in [3.63, 3.8) is 0 Å². The molecule has 0 saturated carbocycles. The summed E-state index contributed by atoms with van der Waals surface area (Å²) in [6.07, 6.45) is 3.09. The standard InChI is InChI=1S/C14H13NO3/c1-10(9-14(16)17-2)12-6-7-13(18-12)11-5-3-4-8-15-11/h3-9H,1-2H3/b10-9+. The van der Waals surface area contributed by atoms with Crippen molar-refractivity contribution in [3.05, 3.63) is 48.4 Å². The fourth-order valence-corrected chi connectivity index (χ4v) is 1.50. The minimum atomic E-state index is -0.400.